The van der Waals surface area contributed by atoms with Crippen LogP contribution in [0.4, 0.5) is 0 Å². The lowest BCUT2D eigenvalue weighted by Crippen LogP contribution is -2.38. The van der Waals surface area contributed by atoms with E-state index >= 15 is 0 Å². The number of benzene rings is 1. The quantitative estimate of drug-likeness (QED) is 0.854. The first-order valence-electron chi connectivity index (χ1n) is 8.01. The second kappa shape index (κ2) is 7.13. The first kappa shape index (κ1) is 16.8. The second-order valence-corrected chi connectivity index (χ2v) is 7.67. The molecule has 1 aromatic carbocycles. The molecule has 1 N–H and O–H groups in total. The SMILES string of the molecule is CN(CCC(O)c1ccc(Cl)cc1)C1CCC(C)(C)CC1. The maximum Gasteiger partial charge on any atom is 0.0802 e. The van der Waals surface area contributed by atoms with Crippen molar-refractivity contribution < 1.29 is 5.11 Å². The van der Waals surface area contributed by atoms with Crippen molar-refractivity contribution in [1.29, 1.82) is 0 Å². The van der Waals surface area contributed by atoms with Gasteiger partial charge in [-0.1, -0.05) is 37.6 Å². The lowest BCUT2D eigenvalue weighted by atomic mass is 9.75. The highest BCUT2D eigenvalue weighted by atomic mass is 35.5. The van der Waals surface area contributed by atoms with Crippen LogP contribution in [0.1, 0.15) is 57.6 Å². The van der Waals surface area contributed by atoms with Crippen molar-refractivity contribution in [2.45, 2.75) is 58.1 Å². The van der Waals surface area contributed by atoms with Gasteiger partial charge in [-0.2, -0.15) is 0 Å². The number of rotatable bonds is 5. The fourth-order valence-corrected chi connectivity index (χ4v) is 3.31. The Balaban J connectivity index is 1.78. The highest BCUT2D eigenvalue weighted by molar-refractivity contribution is 6.30. The van der Waals surface area contributed by atoms with Crippen LogP contribution in [0, 0.1) is 5.41 Å². The molecule has 118 valence electrons. The van der Waals surface area contributed by atoms with E-state index in [0.29, 0.717) is 16.5 Å². The van der Waals surface area contributed by atoms with Crippen molar-refractivity contribution in [1.82, 2.24) is 4.90 Å². The molecular formula is C18H28ClNO. The third-order valence-corrected chi connectivity index (χ3v) is 5.19. The third kappa shape index (κ3) is 4.98. The van der Waals surface area contributed by atoms with E-state index in [4.69, 9.17) is 11.6 Å². The van der Waals surface area contributed by atoms with Crippen LogP contribution in [-0.4, -0.2) is 29.6 Å². The molecule has 0 aromatic heterocycles. The molecule has 1 unspecified atom stereocenters. The molecule has 2 nitrogen and oxygen atoms in total. The minimum Gasteiger partial charge on any atom is -0.388 e. The lowest BCUT2D eigenvalue weighted by molar-refractivity contribution is 0.101. The van der Waals surface area contributed by atoms with Gasteiger partial charge in [0.05, 0.1) is 6.10 Å². The maximum absolute atomic E-state index is 10.3. The van der Waals surface area contributed by atoms with E-state index in [-0.39, 0.29) is 0 Å². The van der Waals surface area contributed by atoms with Gasteiger partial charge in [0.2, 0.25) is 0 Å². The van der Waals surface area contributed by atoms with Gasteiger partial charge in [-0.05, 0) is 62.3 Å². The van der Waals surface area contributed by atoms with E-state index in [0.717, 1.165) is 18.5 Å². The maximum atomic E-state index is 10.3. The minimum absolute atomic E-state index is 0.398. The number of aliphatic hydroxyl groups excluding tert-OH is 1. The standard InChI is InChI=1S/C18H28ClNO/c1-18(2)11-8-16(9-12-18)20(3)13-10-17(21)14-4-6-15(19)7-5-14/h4-7,16-17,21H,8-13H2,1-3H3. The summed E-state index contributed by atoms with van der Waals surface area (Å²) in [6.07, 6.45) is 5.55. The Hall–Kier alpha value is -0.570. The Morgan fingerprint density at radius 3 is 2.38 bits per heavy atom. The van der Waals surface area contributed by atoms with Crippen LogP contribution in [0.25, 0.3) is 0 Å². The predicted octanol–water partition coefficient (Wildman–Crippen LogP) is 4.66. The fourth-order valence-electron chi connectivity index (χ4n) is 3.18. The topological polar surface area (TPSA) is 23.5 Å². The van der Waals surface area contributed by atoms with Crippen LogP contribution >= 0.6 is 11.6 Å². The van der Waals surface area contributed by atoms with E-state index < -0.39 is 6.10 Å². The highest BCUT2D eigenvalue weighted by Gasteiger charge is 2.28. The van der Waals surface area contributed by atoms with Crippen LogP contribution in [0.15, 0.2) is 24.3 Å². The van der Waals surface area contributed by atoms with E-state index in [2.05, 4.69) is 25.8 Å². The number of aliphatic hydroxyl groups is 1. The van der Waals surface area contributed by atoms with Crippen LogP contribution < -0.4 is 0 Å². The first-order valence-corrected chi connectivity index (χ1v) is 8.39. The molecule has 0 saturated heterocycles. The summed E-state index contributed by atoms with van der Waals surface area (Å²) in [6.45, 7) is 5.68. The average Bonchev–Trinajstić information content (AvgIpc) is 2.45. The van der Waals surface area contributed by atoms with E-state index in [1.807, 2.05) is 24.3 Å². The molecular weight excluding hydrogens is 282 g/mol. The summed E-state index contributed by atoms with van der Waals surface area (Å²) in [7, 11) is 2.19. The van der Waals surface area contributed by atoms with Gasteiger partial charge in [-0.3, -0.25) is 0 Å². The van der Waals surface area contributed by atoms with Gasteiger partial charge in [0.25, 0.3) is 0 Å². The summed E-state index contributed by atoms with van der Waals surface area (Å²) in [6, 6.07) is 8.18. The molecule has 0 radical (unpaired) electrons. The van der Waals surface area contributed by atoms with Gasteiger partial charge in [0.15, 0.2) is 0 Å². The zero-order chi connectivity index (χ0) is 15.5. The van der Waals surface area contributed by atoms with Gasteiger partial charge >= 0.3 is 0 Å². The fraction of sp³-hybridized carbons (Fsp3) is 0.667. The van der Waals surface area contributed by atoms with E-state index in [9.17, 15) is 5.11 Å². The minimum atomic E-state index is -0.398. The van der Waals surface area contributed by atoms with Crippen molar-refractivity contribution >= 4 is 11.6 Å². The molecule has 1 aliphatic carbocycles. The van der Waals surface area contributed by atoms with E-state index in [1.54, 1.807) is 0 Å². The summed E-state index contributed by atoms with van der Waals surface area (Å²) in [4.78, 5) is 2.42. The Morgan fingerprint density at radius 1 is 1.24 bits per heavy atom. The Kier molecular flexibility index (Phi) is 5.70. The van der Waals surface area contributed by atoms with Crippen LogP contribution in [0.2, 0.25) is 5.02 Å². The molecule has 0 heterocycles. The van der Waals surface area contributed by atoms with Crippen molar-refractivity contribution in [3.8, 4) is 0 Å². The van der Waals surface area contributed by atoms with Crippen molar-refractivity contribution in [3.05, 3.63) is 34.9 Å². The largest absolute Gasteiger partial charge is 0.388 e. The summed E-state index contributed by atoms with van der Waals surface area (Å²) >= 11 is 5.88. The molecule has 1 aromatic rings. The van der Waals surface area contributed by atoms with Gasteiger partial charge in [-0.25, -0.2) is 0 Å². The molecule has 3 heteroatoms. The molecule has 0 bridgehead atoms. The molecule has 1 aliphatic rings. The smallest absolute Gasteiger partial charge is 0.0802 e. The second-order valence-electron chi connectivity index (χ2n) is 7.23. The summed E-state index contributed by atoms with van der Waals surface area (Å²) < 4.78 is 0. The van der Waals surface area contributed by atoms with E-state index in [1.165, 1.54) is 25.7 Å². The summed E-state index contributed by atoms with van der Waals surface area (Å²) in [5, 5.41) is 11.0. The van der Waals surface area contributed by atoms with Gasteiger partial charge in [0, 0.05) is 17.6 Å². The number of hydrogen-bond acceptors (Lipinski definition) is 2. The van der Waals surface area contributed by atoms with Crippen LogP contribution in [-0.2, 0) is 0 Å². The highest BCUT2D eigenvalue weighted by Crippen LogP contribution is 2.36. The zero-order valence-corrected chi connectivity index (χ0v) is 14.2. The van der Waals surface area contributed by atoms with Gasteiger partial charge in [0.1, 0.15) is 0 Å². The normalized spacial score (nSPS) is 20.7. The molecule has 0 aliphatic heterocycles. The molecule has 1 fully saturated rings. The Bertz CT molecular complexity index is 433. The predicted molar refractivity (Wildman–Crippen MR) is 89.7 cm³/mol. The van der Waals surface area contributed by atoms with Crippen LogP contribution in [0.3, 0.4) is 0 Å². The van der Waals surface area contributed by atoms with Gasteiger partial charge in [-0.15, -0.1) is 0 Å². The summed E-state index contributed by atoms with van der Waals surface area (Å²) in [5.41, 5.74) is 1.47. The molecule has 1 atom stereocenters. The number of halogens is 1. The van der Waals surface area contributed by atoms with Crippen LogP contribution in [0.5, 0.6) is 0 Å². The monoisotopic (exact) mass is 309 g/mol. The molecule has 1 saturated carbocycles. The first-order chi connectivity index (χ1) is 9.87. The van der Waals surface area contributed by atoms with Crippen molar-refractivity contribution in [3.63, 3.8) is 0 Å². The average molecular weight is 310 g/mol. The van der Waals surface area contributed by atoms with Gasteiger partial charge < -0.3 is 10.0 Å². The molecule has 0 amide bonds. The molecule has 21 heavy (non-hydrogen) atoms. The van der Waals surface area contributed by atoms with Crippen molar-refractivity contribution in [2.75, 3.05) is 13.6 Å². The number of hydrogen-bond donors (Lipinski definition) is 1. The summed E-state index contributed by atoms with van der Waals surface area (Å²) in [5.74, 6) is 0. The van der Waals surface area contributed by atoms with Crippen molar-refractivity contribution in [2.24, 2.45) is 5.41 Å². The Morgan fingerprint density at radius 2 is 1.81 bits per heavy atom. The molecule has 2 rings (SSSR count). The molecule has 0 spiro atoms. The lowest BCUT2D eigenvalue weighted by Gasteiger charge is -2.38. The Labute approximate surface area is 134 Å². The third-order valence-electron chi connectivity index (χ3n) is 4.94. The zero-order valence-electron chi connectivity index (χ0n) is 13.5. The number of nitrogens with zero attached hydrogens (tertiary/aromatic N) is 1.